The minimum atomic E-state index is -1.08. The Morgan fingerprint density at radius 2 is 1.77 bits per heavy atom. The van der Waals surface area contributed by atoms with Crippen molar-refractivity contribution in [1.82, 2.24) is 14.7 Å². The molecule has 0 fully saturated rings. The fourth-order valence-corrected chi connectivity index (χ4v) is 5.13. The molecule has 39 heavy (non-hydrogen) atoms. The smallest absolute Gasteiger partial charge is 0.273 e. The van der Waals surface area contributed by atoms with Crippen LogP contribution < -0.4 is 21.7 Å². The van der Waals surface area contributed by atoms with Gasteiger partial charge in [0.1, 0.15) is 10.9 Å². The topological polar surface area (TPSA) is 144 Å². The summed E-state index contributed by atoms with van der Waals surface area (Å²) in [6.07, 6.45) is 2.37. The van der Waals surface area contributed by atoms with E-state index in [0.29, 0.717) is 17.7 Å². The van der Waals surface area contributed by atoms with Gasteiger partial charge in [-0.05, 0) is 92.7 Å². The number of carbonyl (C=O) groups is 3. The summed E-state index contributed by atoms with van der Waals surface area (Å²) in [6.45, 7) is 9.67. The number of hydrogen-bond acceptors (Lipinski definition) is 7. The first-order chi connectivity index (χ1) is 18.4. The standard InChI is InChI=1S/C29H32N6O3S/c1-6-29(4,5)33-27(37)24(19-9-10-21-18(15-19)8-7-11-32-21)35(20-13-16(2)12-17(3)14-20)28(38)25-22(30)23(26(31)36)34-39-25/h7-15,24H,6,30H2,1-5H3,(H2,31,36)(H,33,37)/t24-/m1/s1. The number of nitrogen functional groups attached to an aromatic ring is 1. The molecule has 0 radical (unpaired) electrons. The quantitative estimate of drug-likeness (QED) is 0.294. The van der Waals surface area contributed by atoms with Crippen molar-refractivity contribution in [2.75, 3.05) is 10.6 Å². The molecule has 10 heteroatoms. The number of anilines is 2. The van der Waals surface area contributed by atoms with Crippen LogP contribution in [-0.2, 0) is 4.79 Å². The molecule has 0 aliphatic heterocycles. The molecule has 2 aromatic carbocycles. The first kappa shape index (κ1) is 27.7. The second-order valence-electron chi connectivity index (χ2n) is 10.2. The van der Waals surface area contributed by atoms with Gasteiger partial charge < -0.3 is 16.8 Å². The highest BCUT2D eigenvalue weighted by atomic mass is 32.1. The van der Waals surface area contributed by atoms with E-state index in [1.807, 2.05) is 77.1 Å². The Kier molecular flexibility index (Phi) is 7.69. The number of primary amides is 1. The van der Waals surface area contributed by atoms with E-state index >= 15 is 0 Å². The highest BCUT2D eigenvalue weighted by Gasteiger charge is 2.37. The van der Waals surface area contributed by atoms with Crippen molar-refractivity contribution in [3.63, 3.8) is 0 Å². The molecule has 2 heterocycles. The number of pyridine rings is 1. The van der Waals surface area contributed by atoms with Gasteiger partial charge in [0.15, 0.2) is 5.69 Å². The van der Waals surface area contributed by atoms with Crippen LogP contribution in [0.4, 0.5) is 11.4 Å². The molecule has 3 amide bonds. The lowest BCUT2D eigenvalue weighted by Crippen LogP contribution is -2.50. The monoisotopic (exact) mass is 544 g/mol. The van der Waals surface area contributed by atoms with Crippen molar-refractivity contribution in [1.29, 1.82) is 0 Å². The van der Waals surface area contributed by atoms with Crippen LogP contribution in [0.15, 0.2) is 54.7 Å². The van der Waals surface area contributed by atoms with E-state index in [1.54, 1.807) is 12.3 Å². The normalized spacial score (nSPS) is 12.2. The highest BCUT2D eigenvalue weighted by molar-refractivity contribution is 7.09. The summed E-state index contributed by atoms with van der Waals surface area (Å²) in [4.78, 5) is 46.1. The highest BCUT2D eigenvalue weighted by Crippen LogP contribution is 2.35. The molecule has 5 N–H and O–H groups in total. The number of nitrogens with two attached hydrogens (primary N) is 2. The lowest BCUT2D eigenvalue weighted by Gasteiger charge is -2.35. The van der Waals surface area contributed by atoms with Gasteiger partial charge in [0.2, 0.25) is 5.91 Å². The number of fused-ring (bicyclic) bond motifs is 1. The van der Waals surface area contributed by atoms with E-state index in [2.05, 4.69) is 14.7 Å². The lowest BCUT2D eigenvalue weighted by atomic mass is 9.96. The average Bonchev–Trinajstić information content (AvgIpc) is 3.27. The third-order valence-electron chi connectivity index (χ3n) is 6.65. The number of nitrogens with zero attached hydrogens (tertiary/aromatic N) is 3. The van der Waals surface area contributed by atoms with Gasteiger partial charge in [-0.2, -0.15) is 4.37 Å². The average molecular weight is 545 g/mol. The maximum absolute atomic E-state index is 14.3. The molecule has 4 aromatic rings. The molecule has 1 atom stereocenters. The van der Waals surface area contributed by atoms with Crippen LogP contribution in [0.2, 0.25) is 0 Å². The lowest BCUT2D eigenvalue weighted by molar-refractivity contribution is -0.124. The third-order valence-corrected chi connectivity index (χ3v) is 7.50. The van der Waals surface area contributed by atoms with Gasteiger partial charge >= 0.3 is 0 Å². The zero-order valence-corrected chi connectivity index (χ0v) is 23.4. The summed E-state index contributed by atoms with van der Waals surface area (Å²) in [5, 5.41) is 3.93. The maximum Gasteiger partial charge on any atom is 0.273 e. The van der Waals surface area contributed by atoms with Gasteiger partial charge in [-0.25, -0.2) is 0 Å². The number of aryl methyl sites for hydroxylation is 2. The number of benzene rings is 2. The molecule has 202 valence electrons. The molecule has 0 aliphatic rings. The largest absolute Gasteiger partial charge is 0.395 e. The molecule has 0 saturated heterocycles. The fraction of sp³-hybridized carbons (Fsp3) is 0.276. The van der Waals surface area contributed by atoms with Crippen molar-refractivity contribution < 1.29 is 14.4 Å². The molecule has 9 nitrogen and oxygen atoms in total. The van der Waals surface area contributed by atoms with Gasteiger partial charge in [-0.15, -0.1) is 0 Å². The summed E-state index contributed by atoms with van der Waals surface area (Å²) in [5.74, 6) is -1.76. The van der Waals surface area contributed by atoms with E-state index in [-0.39, 0.29) is 22.2 Å². The minimum absolute atomic E-state index is 0.0259. The second-order valence-corrected chi connectivity index (χ2v) is 11.0. The van der Waals surface area contributed by atoms with Crippen LogP contribution in [-0.4, -0.2) is 32.6 Å². The summed E-state index contributed by atoms with van der Waals surface area (Å²) in [6, 6.07) is 13.8. The van der Waals surface area contributed by atoms with Crippen molar-refractivity contribution in [2.45, 2.75) is 52.6 Å². The van der Waals surface area contributed by atoms with Crippen LogP contribution >= 0.6 is 11.5 Å². The summed E-state index contributed by atoms with van der Waals surface area (Å²) >= 11 is 0.780. The van der Waals surface area contributed by atoms with Crippen LogP contribution in [0, 0.1) is 13.8 Å². The Balaban J connectivity index is 1.98. The number of rotatable bonds is 8. The van der Waals surface area contributed by atoms with Gasteiger partial charge in [-0.1, -0.05) is 25.1 Å². The Morgan fingerprint density at radius 3 is 2.38 bits per heavy atom. The molecule has 0 unspecified atom stereocenters. The summed E-state index contributed by atoms with van der Waals surface area (Å²) in [5.41, 5.74) is 14.5. The Labute approximate surface area is 231 Å². The van der Waals surface area contributed by atoms with Crippen LogP contribution in [0.1, 0.15) is 70.1 Å². The van der Waals surface area contributed by atoms with Gasteiger partial charge in [-0.3, -0.25) is 24.3 Å². The SMILES string of the molecule is CCC(C)(C)NC(=O)[C@@H](c1ccc2ncccc2c1)N(C(=O)c1snc(C(N)=O)c1N)c1cc(C)cc(C)c1. The van der Waals surface area contributed by atoms with E-state index in [4.69, 9.17) is 11.5 Å². The van der Waals surface area contributed by atoms with Gasteiger partial charge in [0.05, 0.1) is 11.2 Å². The van der Waals surface area contributed by atoms with Crippen LogP contribution in [0.5, 0.6) is 0 Å². The number of amides is 3. The summed E-state index contributed by atoms with van der Waals surface area (Å²) in [7, 11) is 0. The third kappa shape index (κ3) is 5.75. The number of hydrogen-bond donors (Lipinski definition) is 3. The van der Waals surface area contributed by atoms with Crippen molar-refractivity contribution in [3.8, 4) is 0 Å². The minimum Gasteiger partial charge on any atom is -0.395 e. The number of aromatic nitrogens is 2. The van der Waals surface area contributed by atoms with Crippen molar-refractivity contribution >= 4 is 51.5 Å². The first-order valence-corrected chi connectivity index (χ1v) is 13.3. The zero-order valence-electron chi connectivity index (χ0n) is 22.6. The van der Waals surface area contributed by atoms with E-state index in [9.17, 15) is 14.4 Å². The zero-order chi connectivity index (χ0) is 28.5. The van der Waals surface area contributed by atoms with Gasteiger partial charge in [0.25, 0.3) is 11.8 Å². The number of nitrogens with one attached hydrogen (secondary N) is 1. The predicted octanol–water partition coefficient (Wildman–Crippen LogP) is 4.68. The Hall–Kier alpha value is -4.31. The molecule has 0 spiro atoms. The maximum atomic E-state index is 14.3. The fourth-order valence-electron chi connectivity index (χ4n) is 4.38. The van der Waals surface area contributed by atoms with E-state index in [1.165, 1.54) is 4.90 Å². The molecule has 0 saturated carbocycles. The molecular formula is C29H32N6O3S. The second kappa shape index (κ2) is 10.8. The molecular weight excluding hydrogens is 512 g/mol. The van der Waals surface area contributed by atoms with Crippen molar-refractivity contribution in [3.05, 3.63) is 82.0 Å². The number of carbonyl (C=O) groups excluding carboxylic acids is 3. The van der Waals surface area contributed by atoms with Crippen LogP contribution in [0.3, 0.4) is 0 Å². The van der Waals surface area contributed by atoms with E-state index < -0.39 is 23.4 Å². The molecule has 0 aliphatic carbocycles. The molecule has 0 bridgehead atoms. The first-order valence-electron chi connectivity index (χ1n) is 12.6. The Morgan fingerprint density at radius 1 is 1.08 bits per heavy atom. The predicted molar refractivity (Wildman–Crippen MR) is 155 cm³/mol. The Bertz CT molecular complexity index is 1560. The molecule has 4 rings (SSSR count). The van der Waals surface area contributed by atoms with Gasteiger partial charge in [0, 0.05) is 22.8 Å². The van der Waals surface area contributed by atoms with Crippen molar-refractivity contribution in [2.24, 2.45) is 5.73 Å². The van der Waals surface area contributed by atoms with E-state index in [0.717, 1.165) is 33.6 Å². The molecule has 2 aromatic heterocycles. The summed E-state index contributed by atoms with van der Waals surface area (Å²) < 4.78 is 4.02. The van der Waals surface area contributed by atoms with Crippen LogP contribution in [0.25, 0.3) is 10.9 Å².